The summed E-state index contributed by atoms with van der Waals surface area (Å²) in [5, 5.41) is 12.0. The van der Waals surface area contributed by atoms with Gasteiger partial charge in [0, 0.05) is 66.2 Å². The number of amidine groups is 1. The monoisotopic (exact) mass is 540 g/mol. The van der Waals surface area contributed by atoms with Crippen LogP contribution in [0.4, 0.5) is 15.8 Å². The van der Waals surface area contributed by atoms with Crippen LogP contribution in [-0.2, 0) is 6.42 Å². The van der Waals surface area contributed by atoms with Crippen LogP contribution in [0.1, 0.15) is 44.7 Å². The largest absolute Gasteiger partial charge is 0.377 e. The van der Waals surface area contributed by atoms with Gasteiger partial charge >= 0.3 is 0 Å². The molecule has 4 rings (SSSR count). The van der Waals surface area contributed by atoms with Gasteiger partial charge in [0.25, 0.3) is 5.91 Å². The molecule has 1 heterocycles. The van der Waals surface area contributed by atoms with Crippen LogP contribution in [0.2, 0.25) is 10.0 Å². The van der Waals surface area contributed by atoms with Crippen LogP contribution in [0.15, 0.2) is 54.6 Å². The number of amides is 1. The van der Waals surface area contributed by atoms with Crippen molar-refractivity contribution in [3.05, 3.63) is 92.7 Å². The number of ketones is 1. The molecule has 0 bridgehead atoms. The maximum Gasteiger partial charge on any atom is 0.256 e. The third-order valence-electron chi connectivity index (χ3n) is 6.32. The molecule has 37 heavy (non-hydrogen) atoms. The topological polar surface area (TPSA) is 76.5 Å². The van der Waals surface area contributed by atoms with Crippen LogP contribution >= 0.6 is 23.2 Å². The Morgan fingerprint density at radius 3 is 2.27 bits per heavy atom. The number of hydrogen-bond acceptors (Lipinski definition) is 4. The Morgan fingerprint density at radius 1 is 0.973 bits per heavy atom. The molecule has 3 aromatic carbocycles. The second kappa shape index (κ2) is 11.3. The summed E-state index contributed by atoms with van der Waals surface area (Å²) < 4.78 is 15.1. The summed E-state index contributed by atoms with van der Waals surface area (Å²) in [6, 6.07) is 14.0. The van der Waals surface area contributed by atoms with Crippen LogP contribution in [0.5, 0.6) is 0 Å². The quantitative estimate of drug-likeness (QED) is 0.209. The predicted molar refractivity (Wildman–Crippen MR) is 147 cm³/mol. The Kier molecular flexibility index (Phi) is 8.15. The van der Waals surface area contributed by atoms with Gasteiger partial charge in [0.05, 0.1) is 5.56 Å². The lowest BCUT2D eigenvalue weighted by Gasteiger charge is -2.21. The van der Waals surface area contributed by atoms with Crippen molar-refractivity contribution in [2.45, 2.75) is 19.3 Å². The van der Waals surface area contributed by atoms with Crippen molar-refractivity contribution in [2.75, 3.05) is 37.4 Å². The SMILES string of the molecule is CN(C)c1cc(Cl)cc(C(=O)Nc2ccc(Cl)cc2)c1CC(=O)c1ccc(C(=N)N2CCCC2)cc1F. The summed E-state index contributed by atoms with van der Waals surface area (Å²) in [7, 11) is 3.56. The Labute approximate surface area is 225 Å². The normalized spacial score (nSPS) is 12.9. The Morgan fingerprint density at radius 2 is 1.65 bits per heavy atom. The summed E-state index contributed by atoms with van der Waals surface area (Å²) >= 11 is 12.3. The van der Waals surface area contributed by atoms with E-state index in [1.165, 1.54) is 18.2 Å². The molecule has 0 aromatic heterocycles. The molecule has 9 heteroatoms. The number of Topliss-reactive ketones (excluding diaryl/α,β-unsaturated/α-hetero) is 1. The van der Waals surface area contributed by atoms with Gasteiger partial charge in [0.2, 0.25) is 0 Å². The molecular formula is C28H27Cl2FN4O2. The summed E-state index contributed by atoms with van der Waals surface area (Å²) in [5.41, 5.74) is 2.09. The minimum absolute atomic E-state index is 0.0957. The molecule has 0 unspecified atom stereocenters. The van der Waals surface area contributed by atoms with Gasteiger partial charge in [0.15, 0.2) is 5.78 Å². The van der Waals surface area contributed by atoms with E-state index < -0.39 is 17.5 Å². The van der Waals surface area contributed by atoms with Gasteiger partial charge in [-0.15, -0.1) is 0 Å². The number of likely N-dealkylation sites (tertiary alicyclic amines) is 1. The summed E-state index contributed by atoms with van der Waals surface area (Å²) in [6.07, 6.45) is 1.79. The highest BCUT2D eigenvalue weighted by Crippen LogP contribution is 2.30. The smallest absolute Gasteiger partial charge is 0.256 e. The summed E-state index contributed by atoms with van der Waals surface area (Å²) in [4.78, 5) is 30.2. The number of benzene rings is 3. The van der Waals surface area contributed by atoms with Crippen molar-refractivity contribution < 1.29 is 14.0 Å². The van der Waals surface area contributed by atoms with Crippen molar-refractivity contribution >= 4 is 52.1 Å². The molecular weight excluding hydrogens is 514 g/mol. The van der Waals surface area contributed by atoms with Gasteiger partial charge in [-0.1, -0.05) is 29.3 Å². The standard InChI is InChI=1S/C28H27Cl2FN4O2/c1-34(2)25-15-19(30)14-23(28(37)33-20-8-6-18(29)7-9-20)22(25)16-26(36)21-10-5-17(13-24(21)31)27(32)35-11-3-4-12-35/h5-10,13-15,32H,3-4,11-12,16H2,1-2H3,(H,33,37). The van der Waals surface area contributed by atoms with E-state index in [4.69, 9.17) is 28.6 Å². The van der Waals surface area contributed by atoms with Crippen molar-refractivity contribution in [2.24, 2.45) is 0 Å². The number of hydrogen-bond donors (Lipinski definition) is 2. The molecule has 1 fully saturated rings. The first-order valence-corrected chi connectivity index (χ1v) is 12.6. The van der Waals surface area contributed by atoms with Crippen LogP contribution in [0.3, 0.4) is 0 Å². The highest BCUT2D eigenvalue weighted by molar-refractivity contribution is 6.31. The zero-order valence-electron chi connectivity index (χ0n) is 20.6. The fourth-order valence-electron chi connectivity index (χ4n) is 4.41. The highest BCUT2D eigenvalue weighted by atomic mass is 35.5. The molecule has 0 aliphatic carbocycles. The highest BCUT2D eigenvalue weighted by Gasteiger charge is 2.24. The lowest BCUT2D eigenvalue weighted by molar-refractivity contribution is 0.0989. The van der Waals surface area contributed by atoms with Gasteiger partial charge in [0.1, 0.15) is 11.7 Å². The molecule has 0 radical (unpaired) electrons. The predicted octanol–water partition coefficient (Wildman–Crippen LogP) is 6.30. The lowest BCUT2D eigenvalue weighted by Crippen LogP contribution is -2.27. The Hall–Kier alpha value is -3.42. The fraction of sp³-hybridized carbons (Fsp3) is 0.250. The molecule has 1 amide bonds. The van der Waals surface area contributed by atoms with Gasteiger partial charge in [-0.3, -0.25) is 15.0 Å². The first-order valence-electron chi connectivity index (χ1n) is 11.9. The number of carbonyl (C=O) groups is 2. The summed E-state index contributed by atoms with van der Waals surface area (Å²) in [5.74, 6) is -1.38. The molecule has 1 saturated heterocycles. The van der Waals surface area contributed by atoms with E-state index in [1.54, 1.807) is 55.4 Å². The zero-order valence-corrected chi connectivity index (χ0v) is 22.1. The van der Waals surface area contributed by atoms with E-state index in [9.17, 15) is 9.59 Å². The molecule has 2 N–H and O–H groups in total. The Bertz CT molecular complexity index is 1350. The van der Waals surface area contributed by atoms with E-state index in [0.717, 1.165) is 25.9 Å². The number of rotatable bonds is 7. The maximum absolute atomic E-state index is 15.1. The molecule has 192 valence electrons. The first-order chi connectivity index (χ1) is 17.6. The molecule has 0 atom stereocenters. The average molecular weight is 541 g/mol. The number of nitrogens with one attached hydrogen (secondary N) is 2. The minimum atomic E-state index is -0.695. The average Bonchev–Trinajstić information content (AvgIpc) is 3.40. The number of carbonyl (C=O) groups excluding carboxylic acids is 2. The van der Waals surface area contributed by atoms with Crippen molar-refractivity contribution in [1.82, 2.24) is 4.90 Å². The van der Waals surface area contributed by atoms with E-state index in [2.05, 4.69) is 5.32 Å². The second-order valence-corrected chi connectivity index (χ2v) is 10.0. The van der Waals surface area contributed by atoms with Crippen LogP contribution in [0.25, 0.3) is 0 Å². The molecule has 1 aliphatic rings. The zero-order chi connectivity index (χ0) is 26.7. The molecule has 6 nitrogen and oxygen atoms in total. The van der Waals surface area contributed by atoms with Crippen molar-refractivity contribution in [3.63, 3.8) is 0 Å². The van der Waals surface area contributed by atoms with Crippen LogP contribution < -0.4 is 10.2 Å². The fourth-order valence-corrected chi connectivity index (χ4v) is 4.75. The van der Waals surface area contributed by atoms with Crippen molar-refractivity contribution in [3.8, 4) is 0 Å². The molecule has 0 spiro atoms. The minimum Gasteiger partial charge on any atom is -0.377 e. The van der Waals surface area contributed by atoms with Gasteiger partial charge < -0.3 is 15.1 Å². The summed E-state index contributed by atoms with van der Waals surface area (Å²) in [6.45, 7) is 1.54. The van der Waals surface area contributed by atoms with Crippen LogP contribution in [0, 0.1) is 11.2 Å². The Balaban J connectivity index is 1.64. The third-order valence-corrected chi connectivity index (χ3v) is 6.79. The number of nitrogens with zero attached hydrogens (tertiary/aromatic N) is 2. The van der Waals surface area contributed by atoms with Crippen molar-refractivity contribution in [1.29, 1.82) is 5.41 Å². The van der Waals surface area contributed by atoms with E-state index >= 15 is 4.39 Å². The molecule has 1 aliphatic heterocycles. The third kappa shape index (κ3) is 6.12. The van der Waals surface area contributed by atoms with E-state index in [0.29, 0.717) is 32.5 Å². The number of halogens is 3. The van der Waals surface area contributed by atoms with Gasteiger partial charge in [-0.25, -0.2) is 4.39 Å². The molecule has 0 saturated carbocycles. The number of anilines is 2. The maximum atomic E-state index is 15.1. The molecule has 3 aromatic rings. The van der Waals surface area contributed by atoms with Crippen LogP contribution in [-0.4, -0.2) is 49.6 Å². The van der Waals surface area contributed by atoms with Gasteiger partial charge in [-0.2, -0.15) is 0 Å². The lowest BCUT2D eigenvalue weighted by atomic mass is 9.95. The van der Waals surface area contributed by atoms with Gasteiger partial charge in [-0.05, 0) is 66.9 Å². The van der Waals surface area contributed by atoms with E-state index in [1.807, 2.05) is 4.90 Å². The first kappa shape index (κ1) is 26.6. The second-order valence-electron chi connectivity index (χ2n) is 9.14. The van der Waals surface area contributed by atoms with E-state index in [-0.39, 0.29) is 23.4 Å².